The molecule has 2 aliphatic rings. The average Bonchev–Trinajstić information content (AvgIpc) is 2.96. The van der Waals surface area contributed by atoms with E-state index in [9.17, 15) is 9.59 Å². The van der Waals surface area contributed by atoms with Crippen LogP contribution in [0, 0.1) is 0 Å². The molecule has 2 atom stereocenters. The number of hydrogen-bond donors (Lipinski definition) is 0. The van der Waals surface area contributed by atoms with Crippen molar-refractivity contribution in [1.29, 1.82) is 0 Å². The summed E-state index contributed by atoms with van der Waals surface area (Å²) in [5, 5.41) is 0.406. The van der Waals surface area contributed by atoms with Crippen molar-refractivity contribution in [3.63, 3.8) is 0 Å². The van der Waals surface area contributed by atoms with Crippen molar-refractivity contribution in [3.8, 4) is 5.75 Å². The summed E-state index contributed by atoms with van der Waals surface area (Å²) >= 11 is 4.92. The molecule has 0 radical (unpaired) electrons. The van der Waals surface area contributed by atoms with Gasteiger partial charge in [-0.1, -0.05) is 34.6 Å². The zero-order valence-electron chi connectivity index (χ0n) is 15.6. The number of benzene rings is 1. The molecule has 0 aromatic heterocycles. The van der Waals surface area contributed by atoms with Gasteiger partial charge in [0, 0.05) is 10.0 Å². The molecule has 6 nitrogen and oxygen atoms in total. The molecule has 2 aliphatic heterocycles. The normalized spacial score (nSPS) is 21.9. The summed E-state index contributed by atoms with van der Waals surface area (Å²) in [4.78, 5) is 32.0. The predicted molar refractivity (Wildman–Crippen MR) is 109 cm³/mol. The summed E-state index contributed by atoms with van der Waals surface area (Å²) in [6, 6.07) is 4.90. The maximum atomic E-state index is 13.1. The summed E-state index contributed by atoms with van der Waals surface area (Å²) in [5.74, 6) is 0.0713. The van der Waals surface area contributed by atoms with Crippen LogP contribution in [0.2, 0.25) is 0 Å². The van der Waals surface area contributed by atoms with Crippen LogP contribution in [0.4, 0.5) is 0 Å². The van der Waals surface area contributed by atoms with Gasteiger partial charge in [-0.3, -0.25) is 9.69 Å². The number of hydrogen-bond acceptors (Lipinski definition) is 6. The van der Waals surface area contributed by atoms with Gasteiger partial charge in [0.1, 0.15) is 11.8 Å². The number of rotatable bonds is 5. The Kier molecular flexibility index (Phi) is 5.95. The molecule has 1 saturated heterocycles. The number of ether oxygens (including phenoxy) is 2. The lowest BCUT2D eigenvalue weighted by molar-refractivity contribution is -0.139. The molecule has 8 heteroatoms. The van der Waals surface area contributed by atoms with Gasteiger partial charge in [0.2, 0.25) is 5.91 Å². The predicted octanol–water partition coefficient (Wildman–Crippen LogP) is 4.06. The van der Waals surface area contributed by atoms with E-state index >= 15 is 0 Å². The fourth-order valence-corrected chi connectivity index (χ4v) is 4.78. The highest BCUT2D eigenvalue weighted by molar-refractivity contribution is 9.10. The molecule has 0 spiro atoms. The SMILES string of the molecule is CCOC(=O)C1=C(C)N=C2SC(CC)C(=O)N2C1c1cc(Br)ccc1OC. The maximum Gasteiger partial charge on any atom is 0.338 e. The van der Waals surface area contributed by atoms with Crippen molar-refractivity contribution >= 4 is 44.7 Å². The Hall–Kier alpha value is -1.80. The Labute approximate surface area is 171 Å². The summed E-state index contributed by atoms with van der Waals surface area (Å²) < 4.78 is 11.6. The van der Waals surface area contributed by atoms with Gasteiger partial charge in [-0.2, -0.15) is 0 Å². The minimum absolute atomic E-state index is 0.0532. The number of amides is 1. The van der Waals surface area contributed by atoms with Crippen molar-refractivity contribution in [2.24, 2.45) is 4.99 Å². The maximum absolute atomic E-state index is 13.1. The number of carbonyl (C=O) groups is 2. The molecular formula is C19H21BrN2O4S. The van der Waals surface area contributed by atoms with Crippen LogP contribution in [0.3, 0.4) is 0 Å². The van der Waals surface area contributed by atoms with Crippen molar-refractivity contribution in [1.82, 2.24) is 4.90 Å². The number of allylic oxidation sites excluding steroid dienone is 1. The molecule has 3 rings (SSSR count). The molecule has 1 aromatic rings. The number of nitrogens with zero attached hydrogens (tertiary/aromatic N) is 2. The van der Waals surface area contributed by atoms with E-state index < -0.39 is 12.0 Å². The topological polar surface area (TPSA) is 68.2 Å². The van der Waals surface area contributed by atoms with E-state index in [1.165, 1.54) is 11.8 Å². The molecule has 0 N–H and O–H groups in total. The third kappa shape index (κ3) is 3.52. The largest absolute Gasteiger partial charge is 0.496 e. The first-order valence-corrected chi connectivity index (χ1v) is 10.4. The van der Waals surface area contributed by atoms with Gasteiger partial charge in [-0.25, -0.2) is 9.79 Å². The molecule has 0 saturated carbocycles. The van der Waals surface area contributed by atoms with E-state index in [0.29, 0.717) is 34.2 Å². The van der Waals surface area contributed by atoms with E-state index in [4.69, 9.17) is 9.47 Å². The zero-order valence-corrected chi connectivity index (χ0v) is 18.0. The zero-order chi connectivity index (χ0) is 19.7. The molecule has 2 heterocycles. The first-order valence-electron chi connectivity index (χ1n) is 8.72. The second-order valence-corrected chi connectivity index (χ2v) is 8.21. The highest BCUT2D eigenvalue weighted by Gasteiger charge is 2.48. The Morgan fingerprint density at radius 2 is 2.11 bits per heavy atom. The minimum Gasteiger partial charge on any atom is -0.496 e. The Morgan fingerprint density at radius 1 is 1.37 bits per heavy atom. The van der Waals surface area contributed by atoms with Gasteiger partial charge >= 0.3 is 5.97 Å². The third-order valence-corrected chi connectivity index (χ3v) is 6.32. The van der Waals surface area contributed by atoms with Crippen LogP contribution >= 0.6 is 27.7 Å². The van der Waals surface area contributed by atoms with E-state index in [-0.39, 0.29) is 17.8 Å². The van der Waals surface area contributed by atoms with Gasteiger partial charge in [0.05, 0.1) is 30.2 Å². The summed E-state index contributed by atoms with van der Waals surface area (Å²) in [5.41, 5.74) is 1.64. The average molecular weight is 453 g/mol. The lowest BCUT2D eigenvalue weighted by atomic mass is 9.93. The van der Waals surface area contributed by atoms with Gasteiger partial charge in [0.25, 0.3) is 0 Å². The van der Waals surface area contributed by atoms with Gasteiger partial charge in [-0.05, 0) is 38.5 Å². The van der Waals surface area contributed by atoms with Crippen LogP contribution < -0.4 is 4.74 Å². The number of halogens is 1. The number of fused-ring (bicyclic) bond motifs is 1. The molecule has 144 valence electrons. The van der Waals surface area contributed by atoms with Crippen LogP contribution in [0.1, 0.15) is 38.8 Å². The second-order valence-electron chi connectivity index (χ2n) is 6.13. The first-order chi connectivity index (χ1) is 12.9. The van der Waals surface area contributed by atoms with Crippen molar-refractivity contribution < 1.29 is 19.1 Å². The summed E-state index contributed by atoms with van der Waals surface area (Å²) in [6.07, 6.45) is 0.690. The Bertz CT molecular complexity index is 852. The van der Waals surface area contributed by atoms with Gasteiger partial charge < -0.3 is 9.47 Å². The lowest BCUT2D eigenvalue weighted by Gasteiger charge is -2.33. The third-order valence-electron chi connectivity index (χ3n) is 4.50. The fraction of sp³-hybridized carbons (Fsp3) is 0.421. The molecule has 1 fully saturated rings. The standard InChI is InChI=1S/C19H21BrN2O4S/c1-5-14-17(23)22-16(12-9-11(20)7-8-13(12)25-4)15(18(24)26-6-2)10(3)21-19(22)27-14/h7-9,14,16H,5-6H2,1-4H3. The van der Waals surface area contributed by atoms with Crippen molar-refractivity contribution in [2.45, 2.75) is 38.5 Å². The molecule has 0 bridgehead atoms. The quantitative estimate of drug-likeness (QED) is 0.629. The molecule has 27 heavy (non-hydrogen) atoms. The first kappa shape index (κ1) is 19.9. The van der Waals surface area contributed by atoms with Crippen LogP contribution in [-0.4, -0.2) is 40.9 Å². The lowest BCUT2D eigenvalue weighted by Crippen LogP contribution is -2.41. The Morgan fingerprint density at radius 3 is 2.74 bits per heavy atom. The van der Waals surface area contributed by atoms with Crippen LogP contribution in [-0.2, 0) is 14.3 Å². The van der Waals surface area contributed by atoms with E-state index in [1.54, 1.807) is 25.9 Å². The molecular weight excluding hydrogens is 432 g/mol. The molecule has 0 aliphatic carbocycles. The highest BCUT2D eigenvalue weighted by atomic mass is 79.9. The van der Waals surface area contributed by atoms with E-state index in [0.717, 1.165) is 4.47 Å². The van der Waals surface area contributed by atoms with Crippen LogP contribution in [0.25, 0.3) is 0 Å². The number of methoxy groups -OCH3 is 1. The summed E-state index contributed by atoms with van der Waals surface area (Å²) in [6.45, 7) is 5.74. The minimum atomic E-state index is -0.638. The number of aliphatic imine (C=N–C) groups is 1. The highest BCUT2D eigenvalue weighted by Crippen LogP contribution is 2.46. The van der Waals surface area contributed by atoms with Crippen LogP contribution in [0.5, 0.6) is 5.75 Å². The van der Waals surface area contributed by atoms with E-state index in [2.05, 4.69) is 20.9 Å². The Balaban J connectivity index is 2.22. The number of amidine groups is 1. The molecule has 1 amide bonds. The fourth-order valence-electron chi connectivity index (χ4n) is 3.27. The van der Waals surface area contributed by atoms with Crippen LogP contribution in [0.15, 0.2) is 38.9 Å². The summed E-state index contributed by atoms with van der Waals surface area (Å²) in [7, 11) is 1.57. The van der Waals surface area contributed by atoms with Crippen molar-refractivity contribution in [3.05, 3.63) is 39.5 Å². The second kappa shape index (κ2) is 8.06. The molecule has 2 unspecified atom stereocenters. The molecule has 1 aromatic carbocycles. The van der Waals surface area contributed by atoms with Gasteiger partial charge in [-0.15, -0.1) is 0 Å². The van der Waals surface area contributed by atoms with Gasteiger partial charge in [0.15, 0.2) is 5.17 Å². The number of thioether (sulfide) groups is 1. The van der Waals surface area contributed by atoms with E-state index in [1.807, 2.05) is 25.1 Å². The van der Waals surface area contributed by atoms with Crippen molar-refractivity contribution in [2.75, 3.05) is 13.7 Å². The smallest absolute Gasteiger partial charge is 0.338 e. The number of carbonyl (C=O) groups excluding carboxylic acids is 2. The monoisotopic (exact) mass is 452 g/mol. The number of esters is 1.